The number of azo groups is 1. The van der Waals surface area contributed by atoms with E-state index in [9.17, 15) is 31.6 Å². The van der Waals surface area contributed by atoms with Gasteiger partial charge in [0.15, 0.2) is 5.75 Å². The number of hydrogen-bond acceptors (Lipinski definition) is 9. The van der Waals surface area contributed by atoms with Crippen LogP contribution in [0.2, 0.25) is 0 Å². The second-order valence-electron chi connectivity index (χ2n) is 7.01. The Morgan fingerprint density at radius 2 is 1.37 bits per heavy atom. The van der Waals surface area contributed by atoms with Crippen LogP contribution in [0.4, 0.5) is 17.1 Å². The number of aromatic hydroxyl groups is 2. The van der Waals surface area contributed by atoms with Gasteiger partial charge in [-0.25, -0.2) is 0 Å². The fourth-order valence-electron chi connectivity index (χ4n) is 3.32. The van der Waals surface area contributed by atoms with Gasteiger partial charge in [0.05, 0.1) is 10.3 Å². The molecule has 2 radical (unpaired) electrons. The Labute approximate surface area is 243 Å². The number of phenolic OH excluding ortho intramolecular Hbond substituents is 2. The van der Waals surface area contributed by atoms with Crippen molar-refractivity contribution in [2.75, 3.05) is 5.73 Å². The molecular weight excluding hydrogens is 520 g/mol. The molecule has 0 saturated carbocycles. The molecule has 4 aromatic carbocycles. The van der Waals surface area contributed by atoms with Crippen molar-refractivity contribution < 1.29 is 36.2 Å². The van der Waals surface area contributed by atoms with E-state index in [0.29, 0.717) is 10.8 Å². The molecule has 0 heterocycles. The minimum atomic E-state index is -4.58. The third kappa shape index (κ3) is 5.97. The van der Waals surface area contributed by atoms with Crippen LogP contribution in [0.25, 0.3) is 21.5 Å². The molecule has 35 heavy (non-hydrogen) atoms. The first-order valence-electron chi connectivity index (χ1n) is 9.04. The van der Waals surface area contributed by atoms with E-state index in [1.807, 2.05) is 0 Å². The van der Waals surface area contributed by atoms with Gasteiger partial charge in [-0.2, -0.15) is 16.8 Å². The Morgan fingerprint density at radius 3 is 2.00 bits per heavy atom. The topological polar surface area (TPSA) is 200 Å². The first-order valence-corrected chi connectivity index (χ1v) is 11.9. The van der Waals surface area contributed by atoms with E-state index in [1.165, 1.54) is 48.5 Å². The standard InChI is InChI=1S/C20H15N3O8S2.2Na/c21-14-4-6-18(33(29,30)31)13-3-5-15(20(25)19(13)14)22-23-16-8-10-1-2-12(32(26,27)28)7-11(10)9-17(16)24;;/h1-9,24-25H,21H2,(H,26,27,28)(H,29,30,31);;. The zero-order valence-electron chi connectivity index (χ0n) is 18.4. The number of fused-ring (bicyclic) bond motifs is 2. The molecule has 0 aliphatic rings. The molecule has 0 amide bonds. The summed E-state index contributed by atoms with van der Waals surface area (Å²) in [6, 6.07) is 11.3. The third-order valence-electron chi connectivity index (χ3n) is 4.87. The van der Waals surface area contributed by atoms with E-state index >= 15 is 0 Å². The molecule has 0 bridgehead atoms. The van der Waals surface area contributed by atoms with Crippen molar-refractivity contribution in [2.24, 2.45) is 10.2 Å². The average molecular weight is 535 g/mol. The zero-order valence-corrected chi connectivity index (χ0v) is 24.0. The van der Waals surface area contributed by atoms with E-state index in [0.717, 1.165) is 6.07 Å². The number of rotatable bonds is 4. The van der Waals surface area contributed by atoms with Gasteiger partial charge in [0.25, 0.3) is 20.2 Å². The van der Waals surface area contributed by atoms with Crippen LogP contribution in [0.5, 0.6) is 11.5 Å². The predicted octanol–water partition coefficient (Wildman–Crippen LogP) is 3.13. The SMILES string of the molecule is Nc1ccc(S(=O)(=O)O)c2ccc(N=Nc3cc4ccc(S(=O)(=O)O)cc4cc3O)c(O)c12.[Na].[Na]. The van der Waals surface area contributed by atoms with Crippen LogP contribution in [0, 0.1) is 0 Å². The van der Waals surface area contributed by atoms with E-state index < -0.39 is 30.9 Å². The molecule has 11 nitrogen and oxygen atoms in total. The fourth-order valence-corrected chi connectivity index (χ4v) is 4.53. The van der Waals surface area contributed by atoms with Crippen LogP contribution < -0.4 is 5.73 Å². The van der Waals surface area contributed by atoms with Crippen molar-refractivity contribution in [3.05, 3.63) is 54.6 Å². The van der Waals surface area contributed by atoms with Crippen LogP contribution in [-0.4, -0.2) is 95.3 Å². The Hall–Kier alpha value is -1.78. The van der Waals surface area contributed by atoms with Crippen LogP contribution in [0.15, 0.2) is 74.6 Å². The van der Waals surface area contributed by atoms with Crippen LogP contribution in [-0.2, 0) is 20.2 Å². The van der Waals surface area contributed by atoms with Gasteiger partial charge in [0.2, 0.25) is 0 Å². The molecule has 0 aliphatic heterocycles. The molecular formula is C20H15N3Na2O8S2. The number of benzene rings is 4. The van der Waals surface area contributed by atoms with Crippen molar-refractivity contribution in [1.29, 1.82) is 0 Å². The zero-order chi connectivity index (χ0) is 24.1. The summed E-state index contributed by atoms with van der Waals surface area (Å²) in [6.07, 6.45) is 0. The molecule has 4 rings (SSSR count). The van der Waals surface area contributed by atoms with Crippen molar-refractivity contribution >= 4 is 118 Å². The number of nitrogens with zero attached hydrogens (tertiary/aromatic N) is 2. The first kappa shape index (κ1) is 29.5. The van der Waals surface area contributed by atoms with E-state index in [1.54, 1.807) is 0 Å². The van der Waals surface area contributed by atoms with Crippen LogP contribution >= 0.6 is 0 Å². The molecule has 0 saturated heterocycles. The Morgan fingerprint density at radius 1 is 0.714 bits per heavy atom. The summed E-state index contributed by atoms with van der Waals surface area (Å²) in [5.41, 5.74) is 5.80. The molecule has 0 atom stereocenters. The minimum absolute atomic E-state index is 0. The summed E-state index contributed by atoms with van der Waals surface area (Å²) in [6.45, 7) is 0. The van der Waals surface area contributed by atoms with Crippen LogP contribution in [0.3, 0.4) is 0 Å². The normalized spacial score (nSPS) is 11.9. The summed E-state index contributed by atoms with van der Waals surface area (Å²) in [5.74, 6) is -0.843. The first-order chi connectivity index (χ1) is 15.4. The molecule has 0 spiro atoms. The maximum absolute atomic E-state index is 11.6. The van der Waals surface area contributed by atoms with Gasteiger partial charge in [-0.1, -0.05) is 12.1 Å². The largest absolute Gasteiger partial charge is 0.506 e. The van der Waals surface area contributed by atoms with Crippen molar-refractivity contribution in [3.8, 4) is 11.5 Å². The molecule has 0 fully saturated rings. The number of nitrogen functional groups attached to an aromatic ring is 1. The summed E-state index contributed by atoms with van der Waals surface area (Å²) in [4.78, 5) is -0.784. The maximum atomic E-state index is 11.6. The summed E-state index contributed by atoms with van der Waals surface area (Å²) < 4.78 is 64.4. The predicted molar refractivity (Wildman–Crippen MR) is 131 cm³/mol. The summed E-state index contributed by atoms with van der Waals surface area (Å²) >= 11 is 0. The molecule has 6 N–H and O–H groups in total. The fraction of sp³-hybridized carbons (Fsp3) is 0. The van der Waals surface area contributed by atoms with Crippen molar-refractivity contribution in [3.63, 3.8) is 0 Å². The quantitative estimate of drug-likeness (QED) is 0.113. The van der Waals surface area contributed by atoms with Gasteiger partial charge in [0.1, 0.15) is 22.0 Å². The number of anilines is 1. The third-order valence-corrected chi connectivity index (χ3v) is 6.63. The van der Waals surface area contributed by atoms with Gasteiger partial charge in [0, 0.05) is 70.2 Å². The second-order valence-corrected chi connectivity index (χ2v) is 9.82. The molecule has 172 valence electrons. The van der Waals surface area contributed by atoms with Gasteiger partial charge >= 0.3 is 0 Å². The Balaban J connectivity index is 0.00000216. The smallest absolute Gasteiger partial charge is 0.295 e. The Kier molecular flexibility index (Phi) is 8.99. The van der Waals surface area contributed by atoms with Crippen molar-refractivity contribution in [2.45, 2.75) is 9.79 Å². The maximum Gasteiger partial charge on any atom is 0.295 e. The number of hydrogen-bond donors (Lipinski definition) is 5. The van der Waals surface area contributed by atoms with Gasteiger partial charge in [-0.05, 0) is 53.2 Å². The minimum Gasteiger partial charge on any atom is -0.506 e. The average Bonchev–Trinajstić information content (AvgIpc) is 2.71. The van der Waals surface area contributed by atoms with E-state index in [4.69, 9.17) is 10.3 Å². The molecule has 4 aromatic rings. The monoisotopic (exact) mass is 535 g/mol. The van der Waals surface area contributed by atoms with Crippen LogP contribution in [0.1, 0.15) is 0 Å². The number of phenols is 2. The Bertz CT molecular complexity index is 1710. The molecule has 0 aliphatic carbocycles. The van der Waals surface area contributed by atoms with Gasteiger partial charge in [-0.3, -0.25) is 9.11 Å². The molecule has 15 heteroatoms. The van der Waals surface area contributed by atoms with E-state index in [-0.39, 0.29) is 97.6 Å². The number of nitrogens with two attached hydrogens (primary N) is 1. The second kappa shape index (κ2) is 10.7. The van der Waals surface area contributed by atoms with Gasteiger partial charge in [-0.15, -0.1) is 10.2 Å². The molecule has 0 aromatic heterocycles. The summed E-state index contributed by atoms with van der Waals surface area (Å²) in [7, 11) is -8.99. The van der Waals surface area contributed by atoms with Gasteiger partial charge < -0.3 is 15.9 Å². The molecule has 0 unspecified atom stereocenters. The van der Waals surface area contributed by atoms with Crippen molar-refractivity contribution in [1.82, 2.24) is 0 Å². The van der Waals surface area contributed by atoms with E-state index in [2.05, 4.69) is 10.2 Å². The summed E-state index contributed by atoms with van der Waals surface area (Å²) in [5, 5.41) is 29.4.